The molecule has 1 aromatic rings. The second-order valence-electron chi connectivity index (χ2n) is 6.33. The number of aryl methyl sites for hydroxylation is 1. The number of hydrogen-bond acceptors (Lipinski definition) is 2. The Morgan fingerprint density at radius 2 is 1.30 bits per heavy atom. The average Bonchev–Trinajstić information content (AvgIpc) is 2.58. The topological polar surface area (TPSA) is 18.5 Å². The summed E-state index contributed by atoms with van der Waals surface area (Å²) >= 11 is 0. The molecule has 0 aromatic heterocycles. The van der Waals surface area contributed by atoms with Crippen LogP contribution in [0.25, 0.3) is 0 Å². The molecule has 0 atom stereocenters. The molecule has 0 aliphatic carbocycles. The molecule has 0 radical (unpaired) electrons. The molecule has 0 bridgehead atoms. The zero-order valence-corrected chi connectivity index (χ0v) is 15.3. The van der Waals surface area contributed by atoms with E-state index < -0.39 is 0 Å². The standard InChI is InChI=1S/C21H36O2/c1-3-5-7-8-9-10-12-20-13-15-21(16-14-20)23-19-18-22-17-11-6-4-2/h13-16H,3-12,17-19H2,1-2H3. The van der Waals surface area contributed by atoms with Gasteiger partial charge in [0.25, 0.3) is 0 Å². The summed E-state index contributed by atoms with van der Waals surface area (Å²) < 4.78 is 11.3. The Labute approximate surface area is 143 Å². The van der Waals surface area contributed by atoms with Crippen molar-refractivity contribution in [1.29, 1.82) is 0 Å². The Balaban J connectivity index is 2.04. The SMILES string of the molecule is CCCCCCCCc1ccc(OCCOCCCCC)cc1. The van der Waals surface area contributed by atoms with Crippen molar-refractivity contribution in [2.45, 2.75) is 78.1 Å². The van der Waals surface area contributed by atoms with Gasteiger partial charge in [-0.25, -0.2) is 0 Å². The lowest BCUT2D eigenvalue weighted by Crippen LogP contribution is -2.07. The number of unbranched alkanes of at least 4 members (excludes halogenated alkanes) is 7. The molecule has 0 fully saturated rings. The van der Waals surface area contributed by atoms with E-state index in [2.05, 4.69) is 38.1 Å². The molecule has 0 amide bonds. The zero-order valence-electron chi connectivity index (χ0n) is 15.3. The highest BCUT2D eigenvalue weighted by Crippen LogP contribution is 2.15. The highest BCUT2D eigenvalue weighted by atomic mass is 16.5. The first-order valence-corrected chi connectivity index (χ1v) is 9.66. The first-order valence-electron chi connectivity index (χ1n) is 9.66. The van der Waals surface area contributed by atoms with Crippen LogP contribution in [-0.4, -0.2) is 19.8 Å². The Morgan fingerprint density at radius 3 is 2.04 bits per heavy atom. The van der Waals surface area contributed by atoms with Crippen LogP contribution in [0.3, 0.4) is 0 Å². The first-order chi connectivity index (χ1) is 11.4. The molecule has 0 saturated heterocycles. The maximum Gasteiger partial charge on any atom is 0.119 e. The lowest BCUT2D eigenvalue weighted by molar-refractivity contribution is 0.0973. The maximum absolute atomic E-state index is 5.71. The molecule has 1 aromatic carbocycles. The fourth-order valence-corrected chi connectivity index (χ4v) is 2.64. The predicted octanol–water partition coefficient (Wildman–Crippen LogP) is 6.18. The van der Waals surface area contributed by atoms with Crippen LogP contribution in [0.15, 0.2) is 24.3 Å². The van der Waals surface area contributed by atoms with Crippen LogP contribution in [0.1, 0.15) is 77.2 Å². The number of benzene rings is 1. The molecular weight excluding hydrogens is 284 g/mol. The van der Waals surface area contributed by atoms with E-state index in [1.165, 1.54) is 63.4 Å². The van der Waals surface area contributed by atoms with Crippen LogP contribution >= 0.6 is 0 Å². The molecule has 0 saturated carbocycles. The van der Waals surface area contributed by atoms with Crippen molar-refractivity contribution in [1.82, 2.24) is 0 Å². The van der Waals surface area contributed by atoms with Gasteiger partial charge in [-0.1, -0.05) is 70.9 Å². The molecular formula is C21H36O2. The highest BCUT2D eigenvalue weighted by molar-refractivity contribution is 5.27. The molecule has 0 heterocycles. The van der Waals surface area contributed by atoms with Gasteiger partial charge in [-0.05, 0) is 37.0 Å². The normalized spacial score (nSPS) is 10.9. The Morgan fingerprint density at radius 1 is 0.652 bits per heavy atom. The van der Waals surface area contributed by atoms with Gasteiger partial charge in [-0.2, -0.15) is 0 Å². The van der Waals surface area contributed by atoms with Gasteiger partial charge in [0.1, 0.15) is 12.4 Å². The van der Waals surface area contributed by atoms with E-state index in [1.54, 1.807) is 0 Å². The van der Waals surface area contributed by atoms with Gasteiger partial charge in [0.2, 0.25) is 0 Å². The van der Waals surface area contributed by atoms with Gasteiger partial charge in [-0.15, -0.1) is 0 Å². The zero-order chi connectivity index (χ0) is 16.6. The van der Waals surface area contributed by atoms with Crippen LogP contribution in [-0.2, 0) is 11.2 Å². The molecule has 132 valence electrons. The van der Waals surface area contributed by atoms with Crippen LogP contribution in [0.5, 0.6) is 5.75 Å². The summed E-state index contributed by atoms with van der Waals surface area (Å²) in [6.45, 7) is 6.65. The van der Waals surface area contributed by atoms with Crippen LogP contribution in [0.4, 0.5) is 0 Å². The lowest BCUT2D eigenvalue weighted by atomic mass is 10.0. The van der Waals surface area contributed by atoms with E-state index in [0.29, 0.717) is 13.2 Å². The van der Waals surface area contributed by atoms with Crippen LogP contribution in [0.2, 0.25) is 0 Å². The number of rotatable bonds is 15. The molecule has 0 spiro atoms. The summed E-state index contributed by atoms with van der Waals surface area (Å²) in [5.41, 5.74) is 1.42. The molecule has 1 rings (SSSR count). The summed E-state index contributed by atoms with van der Waals surface area (Å²) in [6.07, 6.45) is 13.0. The fourth-order valence-electron chi connectivity index (χ4n) is 2.64. The average molecular weight is 321 g/mol. The number of ether oxygens (including phenoxy) is 2. The number of hydrogen-bond donors (Lipinski definition) is 0. The van der Waals surface area contributed by atoms with Crippen molar-refractivity contribution < 1.29 is 9.47 Å². The highest BCUT2D eigenvalue weighted by Gasteiger charge is 1.97. The van der Waals surface area contributed by atoms with Crippen molar-refractivity contribution in [3.05, 3.63) is 29.8 Å². The van der Waals surface area contributed by atoms with Crippen molar-refractivity contribution >= 4 is 0 Å². The van der Waals surface area contributed by atoms with Crippen molar-refractivity contribution in [3.8, 4) is 5.75 Å². The quantitative estimate of drug-likeness (QED) is 0.359. The Bertz CT molecular complexity index is 359. The van der Waals surface area contributed by atoms with E-state index >= 15 is 0 Å². The van der Waals surface area contributed by atoms with Gasteiger partial charge in [0.15, 0.2) is 0 Å². The van der Waals surface area contributed by atoms with Gasteiger partial charge >= 0.3 is 0 Å². The van der Waals surface area contributed by atoms with E-state index in [1.807, 2.05) is 0 Å². The van der Waals surface area contributed by atoms with Crippen molar-refractivity contribution in [2.75, 3.05) is 19.8 Å². The second-order valence-corrected chi connectivity index (χ2v) is 6.33. The molecule has 23 heavy (non-hydrogen) atoms. The van der Waals surface area contributed by atoms with Gasteiger partial charge in [0.05, 0.1) is 6.61 Å². The maximum atomic E-state index is 5.71. The monoisotopic (exact) mass is 320 g/mol. The van der Waals surface area contributed by atoms with E-state index in [9.17, 15) is 0 Å². The fraction of sp³-hybridized carbons (Fsp3) is 0.714. The third-order valence-electron chi connectivity index (χ3n) is 4.13. The molecule has 0 N–H and O–H groups in total. The molecule has 0 aliphatic rings. The summed E-state index contributed by atoms with van der Waals surface area (Å²) in [6, 6.07) is 8.57. The van der Waals surface area contributed by atoms with Crippen molar-refractivity contribution in [3.63, 3.8) is 0 Å². The molecule has 0 aliphatic heterocycles. The second kappa shape index (κ2) is 14.6. The van der Waals surface area contributed by atoms with Gasteiger partial charge < -0.3 is 9.47 Å². The third-order valence-corrected chi connectivity index (χ3v) is 4.13. The summed E-state index contributed by atoms with van der Waals surface area (Å²) in [7, 11) is 0. The Hall–Kier alpha value is -1.02. The van der Waals surface area contributed by atoms with Crippen molar-refractivity contribution in [2.24, 2.45) is 0 Å². The predicted molar refractivity (Wildman–Crippen MR) is 99.4 cm³/mol. The third kappa shape index (κ3) is 11.2. The molecule has 0 unspecified atom stereocenters. The minimum Gasteiger partial charge on any atom is -0.491 e. The lowest BCUT2D eigenvalue weighted by Gasteiger charge is -2.08. The van der Waals surface area contributed by atoms with Gasteiger partial charge in [0, 0.05) is 6.61 Å². The summed E-state index contributed by atoms with van der Waals surface area (Å²) in [4.78, 5) is 0. The van der Waals surface area contributed by atoms with E-state index in [0.717, 1.165) is 18.8 Å². The van der Waals surface area contributed by atoms with Crippen LogP contribution < -0.4 is 4.74 Å². The first kappa shape index (κ1) is 20.0. The smallest absolute Gasteiger partial charge is 0.119 e. The Kier molecular flexibility index (Phi) is 12.7. The molecule has 2 heteroatoms. The minimum atomic E-state index is 0.642. The summed E-state index contributed by atoms with van der Waals surface area (Å²) in [5.74, 6) is 0.953. The van der Waals surface area contributed by atoms with E-state index in [4.69, 9.17) is 9.47 Å². The van der Waals surface area contributed by atoms with Crippen LogP contribution in [0, 0.1) is 0 Å². The minimum absolute atomic E-state index is 0.642. The largest absolute Gasteiger partial charge is 0.491 e. The van der Waals surface area contributed by atoms with E-state index in [-0.39, 0.29) is 0 Å². The molecule has 2 nitrogen and oxygen atoms in total. The summed E-state index contributed by atoms with van der Waals surface area (Å²) in [5, 5.41) is 0. The van der Waals surface area contributed by atoms with Gasteiger partial charge in [-0.3, -0.25) is 0 Å².